The largest absolute Gasteiger partial charge is 0.477 e. The molecule has 1 aromatic heterocycles. The third-order valence-electron chi connectivity index (χ3n) is 2.97. The Labute approximate surface area is 118 Å². The number of carboxylic acids is 1. The molecule has 0 radical (unpaired) electrons. The van der Waals surface area contributed by atoms with E-state index in [0.717, 1.165) is 21.7 Å². The highest BCUT2D eigenvalue weighted by Gasteiger charge is 2.43. The van der Waals surface area contributed by atoms with Crippen LogP contribution < -0.4 is 5.73 Å². The molecule has 0 aliphatic carbocycles. The van der Waals surface area contributed by atoms with Gasteiger partial charge in [-0.05, 0) is 11.4 Å². The summed E-state index contributed by atoms with van der Waals surface area (Å²) in [5.41, 5.74) is 5.13. The number of nitrogens with two attached hydrogens (primary N) is 1. The Balaban J connectivity index is 2.47. The molecule has 0 bridgehead atoms. The van der Waals surface area contributed by atoms with E-state index in [-0.39, 0.29) is 17.8 Å². The highest BCUT2D eigenvalue weighted by atomic mass is 32.2. The number of hydrogen-bond donors (Lipinski definition) is 3. The molecule has 1 amide bonds. The summed E-state index contributed by atoms with van der Waals surface area (Å²) >= 11 is 0.770. The Bertz CT molecular complexity index is 652. The molecule has 2 rings (SSSR count). The molecule has 10 heteroatoms. The molecule has 110 valence electrons. The number of nitrogens with zero attached hydrogens (tertiary/aromatic N) is 1. The van der Waals surface area contributed by atoms with Gasteiger partial charge >= 0.3 is 5.97 Å². The molecule has 1 aliphatic rings. The van der Waals surface area contributed by atoms with Gasteiger partial charge in [0.2, 0.25) is 15.9 Å². The fourth-order valence-corrected chi connectivity index (χ4v) is 4.97. The van der Waals surface area contributed by atoms with Gasteiger partial charge in [-0.2, -0.15) is 4.31 Å². The minimum atomic E-state index is -4.20. The summed E-state index contributed by atoms with van der Waals surface area (Å²) in [5.74, 6) is -2.24. The maximum absolute atomic E-state index is 12.4. The zero-order valence-electron chi connectivity index (χ0n) is 10.1. The van der Waals surface area contributed by atoms with Crippen molar-refractivity contribution in [2.75, 3.05) is 6.54 Å². The number of primary amides is 1. The van der Waals surface area contributed by atoms with Gasteiger partial charge in [0.05, 0.1) is 6.10 Å². The molecule has 1 aromatic rings. The standard InChI is InChI=1S/C10H12N2O6S2/c11-9(14)6-3-5(13)4-12(6)20(17,18)7-1-2-19-8(7)10(15)16/h1-2,5-6,13H,3-4H2,(H2,11,14)(H,15,16). The van der Waals surface area contributed by atoms with Gasteiger partial charge in [0, 0.05) is 13.0 Å². The van der Waals surface area contributed by atoms with Crippen molar-refractivity contribution in [2.24, 2.45) is 5.73 Å². The molecular weight excluding hydrogens is 308 g/mol. The molecule has 1 fully saturated rings. The summed E-state index contributed by atoms with van der Waals surface area (Å²) in [4.78, 5) is 21.6. The number of amides is 1. The summed E-state index contributed by atoms with van der Waals surface area (Å²) in [6, 6.07) is -0.0109. The number of carbonyl (C=O) groups is 2. The van der Waals surface area contributed by atoms with Crippen LogP contribution in [-0.4, -0.2) is 53.5 Å². The number of carbonyl (C=O) groups excluding carboxylic acids is 1. The normalized spacial score (nSPS) is 23.9. The lowest BCUT2D eigenvalue weighted by molar-refractivity contribution is -0.121. The molecule has 0 aromatic carbocycles. The lowest BCUT2D eigenvalue weighted by Gasteiger charge is -2.21. The van der Waals surface area contributed by atoms with Crippen molar-refractivity contribution in [2.45, 2.75) is 23.5 Å². The van der Waals surface area contributed by atoms with Crippen LogP contribution in [0.3, 0.4) is 0 Å². The zero-order valence-corrected chi connectivity index (χ0v) is 11.7. The first-order valence-electron chi connectivity index (χ1n) is 5.55. The zero-order chi connectivity index (χ0) is 15.1. The third kappa shape index (κ3) is 2.42. The predicted molar refractivity (Wildman–Crippen MR) is 68.8 cm³/mol. The van der Waals surface area contributed by atoms with Gasteiger partial charge in [0.25, 0.3) is 0 Å². The van der Waals surface area contributed by atoms with Crippen LogP contribution in [0.15, 0.2) is 16.3 Å². The summed E-state index contributed by atoms with van der Waals surface area (Å²) in [6.07, 6.45) is -1.10. The van der Waals surface area contributed by atoms with Gasteiger partial charge in [-0.1, -0.05) is 0 Å². The van der Waals surface area contributed by atoms with E-state index in [4.69, 9.17) is 10.8 Å². The number of β-amino-alcohol motifs (C(OH)–C–C–N with tert-alkyl or cyclic N) is 1. The molecule has 1 aliphatic heterocycles. The van der Waals surface area contributed by atoms with E-state index in [1.807, 2.05) is 0 Å². The van der Waals surface area contributed by atoms with Crippen LogP contribution in [0.25, 0.3) is 0 Å². The minimum absolute atomic E-state index is 0.0961. The van der Waals surface area contributed by atoms with Crippen molar-refractivity contribution in [3.8, 4) is 0 Å². The average molecular weight is 320 g/mol. The minimum Gasteiger partial charge on any atom is -0.477 e. The molecule has 2 atom stereocenters. The Hall–Kier alpha value is -1.49. The van der Waals surface area contributed by atoms with Crippen molar-refractivity contribution in [3.63, 3.8) is 0 Å². The topological polar surface area (TPSA) is 138 Å². The van der Waals surface area contributed by atoms with Crippen molar-refractivity contribution in [1.82, 2.24) is 4.31 Å². The SMILES string of the molecule is NC(=O)C1CC(O)CN1S(=O)(=O)c1ccsc1C(=O)O. The predicted octanol–water partition coefficient (Wildman–Crippen LogP) is -0.945. The number of aromatic carboxylic acids is 1. The Kier molecular flexibility index (Phi) is 3.82. The number of thiophene rings is 1. The number of hydrogen-bond acceptors (Lipinski definition) is 6. The molecule has 2 heterocycles. The Morgan fingerprint density at radius 1 is 1.45 bits per heavy atom. The molecule has 1 saturated heterocycles. The molecule has 0 spiro atoms. The van der Waals surface area contributed by atoms with Crippen molar-refractivity contribution in [3.05, 3.63) is 16.3 Å². The lowest BCUT2D eigenvalue weighted by Crippen LogP contribution is -2.43. The van der Waals surface area contributed by atoms with Gasteiger partial charge in [-0.25, -0.2) is 13.2 Å². The number of aliphatic hydroxyl groups excluding tert-OH is 1. The Morgan fingerprint density at radius 3 is 2.65 bits per heavy atom. The van der Waals surface area contributed by atoms with Crippen molar-refractivity contribution >= 4 is 33.2 Å². The number of rotatable bonds is 4. The fraction of sp³-hybridized carbons (Fsp3) is 0.400. The highest BCUT2D eigenvalue weighted by Crippen LogP contribution is 2.30. The maximum Gasteiger partial charge on any atom is 0.347 e. The van der Waals surface area contributed by atoms with Crippen LogP contribution in [0.5, 0.6) is 0 Å². The highest BCUT2D eigenvalue weighted by molar-refractivity contribution is 7.89. The van der Waals surface area contributed by atoms with Crippen LogP contribution in [0.2, 0.25) is 0 Å². The van der Waals surface area contributed by atoms with Gasteiger partial charge in [0.15, 0.2) is 0 Å². The van der Waals surface area contributed by atoms with Crippen LogP contribution in [0.1, 0.15) is 16.1 Å². The Morgan fingerprint density at radius 2 is 2.10 bits per heavy atom. The molecule has 4 N–H and O–H groups in total. The van der Waals surface area contributed by atoms with Gasteiger partial charge < -0.3 is 15.9 Å². The number of aliphatic hydroxyl groups is 1. The molecule has 2 unspecified atom stereocenters. The van der Waals surface area contributed by atoms with Gasteiger partial charge in [-0.15, -0.1) is 11.3 Å². The summed E-state index contributed by atoms with van der Waals surface area (Å²) in [7, 11) is -4.20. The molecule has 20 heavy (non-hydrogen) atoms. The molecular formula is C10H12N2O6S2. The quantitative estimate of drug-likeness (QED) is 0.654. The molecule has 8 nitrogen and oxygen atoms in total. The lowest BCUT2D eigenvalue weighted by atomic mass is 10.2. The first kappa shape index (κ1) is 14.9. The van der Waals surface area contributed by atoms with Crippen molar-refractivity contribution in [1.29, 1.82) is 0 Å². The number of carboxylic acid groups (broad SMARTS) is 1. The van der Waals surface area contributed by atoms with E-state index in [1.165, 1.54) is 5.38 Å². The van der Waals surface area contributed by atoms with Crippen LogP contribution in [0, 0.1) is 0 Å². The van der Waals surface area contributed by atoms with Crippen LogP contribution in [-0.2, 0) is 14.8 Å². The summed E-state index contributed by atoms with van der Waals surface area (Å²) < 4.78 is 25.6. The maximum atomic E-state index is 12.4. The first-order chi connectivity index (χ1) is 9.25. The van der Waals surface area contributed by atoms with Crippen LogP contribution >= 0.6 is 11.3 Å². The van der Waals surface area contributed by atoms with E-state index >= 15 is 0 Å². The van der Waals surface area contributed by atoms with Crippen LogP contribution in [0.4, 0.5) is 0 Å². The summed E-state index contributed by atoms with van der Waals surface area (Å²) in [5, 5.41) is 19.8. The van der Waals surface area contributed by atoms with E-state index in [0.29, 0.717) is 0 Å². The molecule has 0 saturated carbocycles. The van der Waals surface area contributed by atoms with E-state index in [2.05, 4.69) is 0 Å². The van der Waals surface area contributed by atoms with Gasteiger partial charge in [-0.3, -0.25) is 4.79 Å². The third-order valence-corrected chi connectivity index (χ3v) is 5.92. The monoisotopic (exact) mass is 320 g/mol. The van der Waals surface area contributed by atoms with E-state index in [9.17, 15) is 23.1 Å². The van der Waals surface area contributed by atoms with E-state index < -0.39 is 38.9 Å². The fourth-order valence-electron chi connectivity index (χ4n) is 2.09. The van der Waals surface area contributed by atoms with Crippen molar-refractivity contribution < 1.29 is 28.2 Å². The second kappa shape index (κ2) is 5.13. The smallest absolute Gasteiger partial charge is 0.347 e. The average Bonchev–Trinajstić information content (AvgIpc) is 2.94. The van der Waals surface area contributed by atoms with E-state index in [1.54, 1.807) is 0 Å². The van der Waals surface area contributed by atoms with Gasteiger partial charge in [0.1, 0.15) is 15.8 Å². The first-order valence-corrected chi connectivity index (χ1v) is 7.87. The second-order valence-electron chi connectivity index (χ2n) is 4.30. The second-order valence-corrected chi connectivity index (χ2v) is 7.08. The number of sulfonamides is 1. The summed E-state index contributed by atoms with van der Waals surface area (Å²) in [6.45, 7) is -0.287.